The molecule has 0 unspecified atom stereocenters. The van der Waals surface area contributed by atoms with Crippen molar-refractivity contribution in [3.8, 4) is 11.3 Å². The topological polar surface area (TPSA) is 39.2 Å². The first kappa shape index (κ1) is 14.7. The van der Waals surface area contributed by atoms with E-state index in [1.807, 2.05) is 12.3 Å². The maximum absolute atomic E-state index is 11.4. The van der Waals surface area contributed by atoms with E-state index in [0.717, 1.165) is 29.1 Å². The summed E-state index contributed by atoms with van der Waals surface area (Å²) in [5, 5.41) is 2.79. The van der Waals surface area contributed by atoms with Gasteiger partial charge < -0.3 is 4.74 Å². The van der Waals surface area contributed by atoms with Crippen molar-refractivity contribution in [1.82, 2.24) is 4.98 Å². The zero-order chi connectivity index (χ0) is 14.4. The fourth-order valence-electron chi connectivity index (χ4n) is 1.99. The highest BCUT2D eigenvalue weighted by Gasteiger charge is 2.09. The summed E-state index contributed by atoms with van der Waals surface area (Å²) in [4.78, 5) is 15.9. The van der Waals surface area contributed by atoms with Crippen molar-refractivity contribution in [3.05, 3.63) is 40.2 Å². The molecule has 0 radical (unpaired) electrons. The number of rotatable bonds is 6. The zero-order valence-electron chi connectivity index (χ0n) is 11.9. The van der Waals surface area contributed by atoms with E-state index in [-0.39, 0.29) is 12.4 Å². The summed E-state index contributed by atoms with van der Waals surface area (Å²) >= 11 is 1.50. The second-order valence-corrected chi connectivity index (χ2v) is 5.50. The van der Waals surface area contributed by atoms with Crippen molar-refractivity contribution in [2.45, 2.75) is 33.1 Å². The van der Waals surface area contributed by atoms with Crippen LogP contribution in [0.4, 0.5) is 0 Å². The van der Waals surface area contributed by atoms with Gasteiger partial charge in [-0.2, -0.15) is 0 Å². The van der Waals surface area contributed by atoms with E-state index in [4.69, 9.17) is 4.74 Å². The summed E-state index contributed by atoms with van der Waals surface area (Å²) in [6, 6.07) is 8.47. The zero-order valence-corrected chi connectivity index (χ0v) is 12.7. The van der Waals surface area contributed by atoms with Crippen LogP contribution in [0.25, 0.3) is 11.3 Å². The standard InChI is InChI=1S/C16H19NO2S/c1-3-5-12-6-8-13(9-7-12)14-11-20-15(17-14)10-16(18)19-4-2/h6-9,11H,3-5,10H2,1-2H3. The summed E-state index contributed by atoms with van der Waals surface area (Å²) in [6.07, 6.45) is 2.51. The first-order valence-electron chi connectivity index (χ1n) is 6.92. The largest absolute Gasteiger partial charge is 0.466 e. The molecule has 0 saturated carbocycles. The second-order valence-electron chi connectivity index (χ2n) is 4.56. The Hall–Kier alpha value is -1.68. The van der Waals surface area contributed by atoms with Gasteiger partial charge >= 0.3 is 5.97 Å². The number of ether oxygens (including phenoxy) is 1. The summed E-state index contributed by atoms with van der Waals surface area (Å²) in [5.74, 6) is -0.216. The van der Waals surface area contributed by atoms with Crippen molar-refractivity contribution < 1.29 is 9.53 Å². The van der Waals surface area contributed by atoms with Crippen molar-refractivity contribution in [3.63, 3.8) is 0 Å². The quantitative estimate of drug-likeness (QED) is 0.758. The van der Waals surface area contributed by atoms with Gasteiger partial charge in [0.05, 0.1) is 18.7 Å². The number of thiazole rings is 1. The third-order valence-electron chi connectivity index (χ3n) is 2.94. The van der Waals surface area contributed by atoms with Gasteiger partial charge in [-0.05, 0) is 18.9 Å². The third kappa shape index (κ3) is 3.90. The fraction of sp³-hybridized carbons (Fsp3) is 0.375. The van der Waals surface area contributed by atoms with Crippen molar-refractivity contribution in [2.24, 2.45) is 0 Å². The van der Waals surface area contributed by atoms with Gasteiger partial charge in [0.1, 0.15) is 5.01 Å². The lowest BCUT2D eigenvalue weighted by molar-refractivity contribution is -0.142. The number of aromatic nitrogens is 1. The number of carbonyl (C=O) groups is 1. The first-order valence-corrected chi connectivity index (χ1v) is 7.80. The van der Waals surface area contributed by atoms with Crippen molar-refractivity contribution in [2.75, 3.05) is 6.61 Å². The molecular weight excluding hydrogens is 270 g/mol. The predicted octanol–water partition coefficient (Wildman–Crippen LogP) is 3.87. The van der Waals surface area contributed by atoms with Gasteiger partial charge in [0.2, 0.25) is 0 Å². The number of esters is 1. The van der Waals surface area contributed by atoms with E-state index in [0.29, 0.717) is 6.61 Å². The fourth-order valence-corrected chi connectivity index (χ4v) is 2.78. The Morgan fingerprint density at radius 3 is 2.65 bits per heavy atom. The van der Waals surface area contributed by atoms with Crippen molar-refractivity contribution in [1.29, 1.82) is 0 Å². The lowest BCUT2D eigenvalue weighted by Crippen LogP contribution is -2.07. The highest BCUT2D eigenvalue weighted by atomic mass is 32.1. The maximum Gasteiger partial charge on any atom is 0.312 e. The Morgan fingerprint density at radius 1 is 1.25 bits per heavy atom. The minimum atomic E-state index is -0.216. The number of carbonyl (C=O) groups excluding carboxylic acids is 1. The molecule has 0 aliphatic heterocycles. The van der Waals surface area contributed by atoms with Crippen LogP contribution in [-0.4, -0.2) is 17.6 Å². The number of benzene rings is 1. The Kier molecular flexibility index (Phi) is 5.30. The van der Waals surface area contributed by atoms with Crippen LogP contribution in [0.1, 0.15) is 30.8 Å². The monoisotopic (exact) mass is 289 g/mol. The van der Waals surface area contributed by atoms with Crippen LogP contribution in [0, 0.1) is 0 Å². The molecule has 0 amide bonds. The van der Waals surface area contributed by atoms with E-state index in [1.165, 1.54) is 16.9 Å². The van der Waals surface area contributed by atoms with Gasteiger partial charge in [-0.15, -0.1) is 11.3 Å². The summed E-state index contributed by atoms with van der Waals surface area (Å²) in [5.41, 5.74) is 3.37. The van der Waals surface area contributed by atoms with Gasteiger partial charge in [0, 0.05) is 10.9 Å². The molecular formula is C16H19NO2S. The van der Waals surface area contributed by atoms with E-state index in [1.54, 1.807) is 0 Å². The lowest BCUT2D eigenvalue weighted by Gasteiger charge is -2.01. The maximum atomic E-state index is 11.4. The average molecular weight is 289 g/mol. The molecule has 4 heteroatoms. The Balaban J connectivity index is 2.06. The van der Waals surface area contributed by atoms with Crippen LogP contribution < -0.4 is 0 Å². The van der Waals surface area contributed by atoms with Gasteiger partial charge in [0.15, 0.2) is 0 Å². The molecule has 0 aliphatic rings. The smallest absolute Gasteiger partial charge is 0.312 e. The second kappa shape index (κ2) is 7.20. The lowest BCUT2D eigenvalue weighted by atomic mass is 10.1. The number of hydrogen-bond donors (Lipinski definition) is 0. The molecule has 106 valence electrons. The number of hydrogen-bond acceptors (Lipinski definition) is 4. The SMILES string of the molecule is CCCc1ccc(-c2csc(CC(=O)OCC)n2)cc1. The number of aryl methyl sites for hydroxylation is 1. The van der Waals surface area contributed by atoms with E-state index >= 15 is 0 Å². The van der Waals surface area contributed by atoms with Crippen LogP contribution in [-0.2, 0) is 22.4 Å². The molecule has 0 N–H and O–H groups in total. The van der Waals surface area contributed by atoms with Crippen LogP contribution in [0.15, 0.2) is 29.6 Å². The van der Waals surface area contributed by atoms with E-state index < -0.39 is 0 Å². The van der Waals surface area contributed by atoms with Gasteiger partial charge in [-0.1, -0.05) is 37.6 Å². The molecule has 20 heavy (non-hydrogen) atoms. The molecule has 0 saturated heterocycles. The van der Waals surface area contributed by atoms with Gasteiger partial charge in [-0.3, -0.25) is 4.79 Å². The Labute approximate surface area is 123 Å². The highest BCUT2D eigenvalue weighted by molar-refractivity contribution is 7.10. The summed E-state index contributed by atoms with van der Waals surface area (Å²) in [6.45, 7) is 4.40. The molecule has 2 rings (SSSR count). The van der Waals surface area contributed by atoms with E-state index in [2.05, 4.69) is 36.2 Å². The summed E-state index contributed by atoms with van der Waals surface area (Å²) < 4.78 is 4.93. The van der Waals surface area contributed by atoms with Crippen LogP contribution >= 0.6 is 11.3 Å². The van der Waals surface area contributed by atoms with Crippen LogP contribution in [0.2, 0.25) is 0 Å². The molecule has 1 heterocycles. The normalized spacial score (nSPS) is 10.5. The minimum Gasteiger partial charge on any atom is -0.466 e. The molecule has 0 aliphatic carbocycles. The number of nitrogens with zero attached hydrogens (tertiary/aromatic N) is 1. The molecule has 0 fully saturated rings. The molecule has 0 atom stereocenters. The Morgan fingerprint density at radius 2 is 2.00 bits per heavy atom. The van der Waals surface area contributed by atoms with Crippen molar-refractivity contribution >= 4 is 17.3 Å². The molecule has 3 nitrogen and oxygen atoms in total. The molecule has 2 aromatic rings. The molecule has 0 bridgehead atoms. The van der Waals surface area contributed by atoms with Crippen LogP contribution in [0.5, 0.6) is 0 Å². The van der Waals surface area contributed by atoms with E-state index in [9.17, 15) is 4.79 Å². The first-order chi connectivity index (χ1) is 9.72. The average Bonchev–Trinajstić information content (AvgIpc) is 2.88. The summed E-state index contributed by atoms with van der Waals surface area (Å²) in [7, 11) is 0. The van der Waals surface area contributed by atoms with Gasteiger partial charge in [0.25, 0.3) is 0 Å². The molecule has 1 aromatic heterocycles. The molecule has 1 aromatic carbocycles. The predicted molar refractivity (Wildman–Crippen MR) is 81.9 cm³/mol. The Bertz CT molecular complexity index is 560. The van der Waals surface area contributed by atoms with Gasteiger partial charge in [-0.25, -0.2) is 4.98 Å². The third-order valence-corrected chi connectivity index (χ3v) is 3.79. The minimum absolute atomic E-state index is 0.216. The highest BCUT2D eigenvalue weighted by Crippen LogP contribution is 2.23. The molecule has 0 spiro atoms. The van der Waals surface area contributed by atoms with Crippen LogP contribution in [0.3, 0.4) is 0 Å².